The number of benzene rings is 5. The van der Waals surface area contributed by atoms with Crippen LogP contribution in [0.1, 0.15) is 0 Å². The maximum absolute atomic E-state index is 10.1. The van der Waals surface area contributed by atoms with Crippen LogP contribution in [0.2, 0.25) is 0 Å². The van der Waals surface area contributed by atoms with E-state index in [1.165, 1.54) is 0 Å². The van der Waals surface area contributed by atoms with Crippen molar-refractivity contribution in [1.82, 2.24) is 0 Å². The molecule has 5 aromatic carbocycles. The fourth-order valence-corrected chi connectivity index (χ4v) is 3.81. The van der Waals surface area contributed by atoms with Gasteiger partial charge in [0.15, 0.2) is 11.5 Å². The Labute approximate surface area is 187 Å². The Hall–Kier alpha value is -4.05. The summed E-state index contributed by atoms with van der Waals surface area (Å²) in [6, 6.07) is 29.8. The van der Waals surface area contributed by atoms with Crippen molar-refractivity contribution in [1.29, 1.82) is 0 Å². The predicted molar refractivity (Wildman–Crippen MR) is 130 cm³/mol. The van der Waals surface area contributed by atoms with Gasteiger partial charge >= 0.3 is 15.0 Å². The van der Waals surface area contributed by atoms with Gasteiger partial charge in [0.05, 0.1) is 0 Å². The molecule has 0 saturated carbocycles. The topological polar surface area (TPSA) is 58.9 Å². The van der Waals surface area contributed by atoms with Crippen LogP contribution in [0.15, 0.2) is 97.1 Å². The molecule has 0 amide bonds. The molecule has 2 N–H and O–H groups in total. The molecule has 0 aromatic heterocycles. The standard InChI is InChI=1S/C26H18B2O4/c29-21-13-5-7-15-23(21)31-27-25-17-9-1-2-10-18(17)26(20-12-4-3-11-19(20)25)28-32-24-16-8-6-14-22(24)30/h1-16,29-30H. The summed E-state index contributed by atoms with van der Waals surface area (Å²) in [7, 11) is 3.35. The summed E-state index contributed by atoms with van der Waals surface area (Å²) >= 11 is 0. The zero-order chi connectivity index (χ0) is 21.9. The first-order valence-electron chi connectivity index (χ1n) is 10.2. The summed E-state index contributed by atoms with van der Waals surface area (Å²) in [5, 5.41) is 24.1. The van der Waals surface area contributed by atoms with Gasteiger partial charge in [-0.2, -0.15) is 0 Å². The van der Waals surface area contributed by atoms with Gasteiger partial charge in [-0.3, -0.25) is 0 Å². The lowest BCUT2D eigenvalue weighted by Gasteiger charge is -2.17. The van der Waals surface area contributed by atoms with Gasteiger partial charge < -0.3 is 19.5 Å². The van der Waals surface area contributed by atoms with E-state index in [0.717, 1.165) is 32.5 Å². The molecular weight excluding hydrogens is 398 g/mol. The SMILES string of the molecule is Oc1ccccc1O[B]c1c2ccccc2c([B]Oc2ccccc2O)c2ccccc12. The molecule has 0 heterocycles. The lowest BCUT2D eigenvalue weighted by molar-refractivity contribution is 0.444. The van der Waals surface area contributed by atoms with E-state index in [0.29, 0.717) is 11.5 Å². The molecule has 0 bridgehead atoms. The van der Waals surface area contributed by atoms with Crippen molar-refractivity contribution in [2.75, 3.05) is 0 Å². The molecule has 152 valence electrons. The fraction of sp³-hybridized carbons (Fsp3) is 0. The number of rotatable bonds is 6. The Morgan fingerprint density at radius 1 is 0.438 bits per heavy atom. The Morgan fingerprint density at radius 2 is 0.750 bits per heavy atom. The van der Waals surface area contributed by atoms with Gasteiger partial charge in [-0.15, -0.1) is 0 Å². The first-order valence-corrected chi connectivity index (χ1v) is 10.2. The molecule has 5 aromatic rings. The van der Waals surface area contributed by atoms with E-state index in [2.05, 4.69) is 0 Å². The summed E-state index contributed by atoms with van der Waals surface area (Å²) in [6.45, 7) is 0. The van der Waals surface area contributed by atoms with Crippen molar-refractivity contribution in [3.63, 3.8) is 0 Å². The molecule has 0 fully saturated rings. The minimum atomic E-state index is 0.0818. The average molecular weight is 416 g/mol. The second-order valence-corrected chi connectivity index (χ2v) is 7.33. The van der Waals surface area contributed by atoms with Gasteiger partial charge in [-0.1, -0.05) is 72.8 Å². The zero-order valence-electron chi connectivity index (χ0n) is 17.1. The molecule has 0 spiro atoms. The van der Waals surface area contributed by atoms with E-state index in [4.69, 9.17) is 9.31 Å². The van der Waals surface area contributed by atoms with Gasteiger partial charge in [0.25, 0.3) is 0 Å². The summed E-state index contributed by atoms with van der Waals surface area (Å²) in [5.74, 6) is 0.940. The highest BCUT2D eigenvalue weighted by molar-refractivity contribution is 6.63. The van der Waals surface area contributed by atoms with Crippen molar-refractivity contribution in [3.8, 4) is 23.0 Å². The van der Waals surface area contributed by atoms with Crippen LogP contribution in [-0.2, 0) is 0 Å². The molecule has 0 atom stereocenters. The number of phenols is 2. The van der Waals surface area contributed by atoms with Crippen molar-refractivity contribution >= 4 is 47.4 Å². The lowest BCUT2D eigenvalue weighted by Crippen LogP contribution is -2.29. The molecule has 0 aliphatic carbocycles. The van der Waals surface area contributed by atoms with Crippen LogP contribution in [0, 0.1) is 0 Å². The highest BCUT2D eigenvalue weighted by Crippen LogP contribution is 2.26. The Kier molecular flexibility index (Phi) is 5.34. The summed E-state index contributed by atoms with van der Waals surface area (Å²) < 4.78 is 11.7. The molecule has 5 rings (SSSR count). The lowest BCUT2D eigenvalue weighted by atomic mass is 9.72. The molecule has 6 heteroatoms. The van der Waals surface area contributed by atoms with E-state index in [9.17, 15) is 10.2 Å². The Balaban J connectivity index is 1.60. The molecular formula is C26H18B2O4. The summed E-state index contributed by atoms with van der Waals surface area (Å²) in [4.78, 5) is 0. The van der Waals surface area contributed by atoms with Crippen LogP contribution < -0.4 is 20.2 Å². The normalized spacial score (nSPS) is 10.8. The third-order valence-corrected chi connectivity index (χ3v) is 5.35. The summed E-state index contributed by atoms with van der Waals surface area (Å²) in [6.07, 6.45) is 0. The largest absolute Gasteiger partial charge is 0.555 e. The van der Waals surface area contributed by atoms with Gasteiger partial charge in [-0.25, -0.2) is 0 Å². The predicted octanol–water partition coefficient (Wildman–Crippen LogP) is 4.05. The quantitative estimate of drug-likeness (QED) is 0.324. The first-order chi connectivity index (χ1) is 15.7. The number of hydrogen-bond acceptors (Lipinski definition) is 4. The molecule has 0 saturated heterocycles. The Morgan fingerprint density at radius 3 is 1.09 bits per heavy atom. The third kappa shape index (κ3) is 3.71. The first kappa shape index (κ1) is 19.9. The monoisotopic (exact) mass is 416 g/mol. The molecule has 2 radical (unpaired) electrons. The molecule has 0 aliphatic rings. The minimum Gasteiger partial charge on any atom is -0.555 e. The number of para-hydroxylation sites is 4. The van der Waals surface area contributed by atoms with Crippen LogP contribution in [0.4, 0.5) is 0 Å². The van der Waals surface area contributed by atoms with Crippen LogP contribution in [0.3, 0.4) is 0 Å². The minimum absolute atomic E-state index is 0.0818. The maximum Gasteiger partial charge on any atom is 0.410 e. The van der Waals surface area contributed by atoms with Gasteiger partial charge in [0, 0.05) is 0 Å². The van der Waals surface area contributed by atoms with E-state index < -0.39 is 0 Å². The van der Waals surface area contributed by atoms with Crippen LogP contribution in [0.25, 0.3) is 21.5 Å². The van der Waals surface area contributed by atoms with Crippen LogP contribution in [0.5, 0.6) is 23.0 Å². The van der Waals surface area contributed by atoms with Gasteiger partial charge in [0.1, 0.15) is 11.5 Å². The zero-order valence-corrected chi connectivity index (χ0v) is 17.1. The third-order valence-electron chi connectivity index (χ3n) is 5.35. The van der Waals surface area contributed by atoms with Crippen molar-refractivity contribution in [3.05, 3.63) is 97.1 Å². The number of hydrogen-bond donors (Lipinski definition) is 2. The fourth-order valence-electron chi connectivity index (χ4n) is 3.81. The molecule has 4 nitrogen and oxygen atoms in total. The Bertz CT molecular complexity index is 1250. The maximum atomic E-state index is 10.1. The van der Waals surface area contributed by atoms with Crippen molar-refractivity contribution in [2.24, 2.45) is 0 Å². The molecule has 0 aliphatic heterocycles. The van der Waals surface area contributed by atoms with Crippen molar-refractivity contribution < 1.29 is 19.5 Å². The van der Waals surface area contributed by atoms with Gasteiger partial charge in [-0.05, 0) is 56.7 Å². The number of fused-ring (bicyclic) bond motifs is 2. The van der Waals surface area contributed by atoms with Gasteiger partial charge in [0.2, 0.25) is 0 Å². The van der Waals surface area contributed by atoms with E-state index in [1.807, 2.05) is 60.7 Å². The number of aromatic hydroxyl groups is 2. The van der Waals surface area contributed by atoms with E-state index >= 15 is 0 Å². The second-order valence-electron chi connectivity index (χ2n) is 7.33. The second kappa shape index (κ2) is 8.60. The highest BCUT2D eigenvalue weighted by Gasteiger charge is 2.18. The van der Waals surface area contributed by atoms with Crippen LogP contribution >= 0.6 is 0 Å². The van der Waals surface area contributed by atoms with Crippen molar-refractivity contribution in [2.45, 2.75) is 0 Å². The van der Waals surface area contributed by atoms with E-state index in [-0.39, 0.29) is 11.5 Å². The molecule has 32 heavy (non-hydrogen) atoms. The van der Waals surface area contributed by atoms with E-state index in [1.54, 1.807) is 51.4 Å². The molecule has 0 unspecified atom stereocenters. The average Bonchev–Trinajstić information content (AvgIpc) is 2.83. The van der Waals surface area contributed by atoms with Crippen LogP contribution in [-0.4, -0.2) is 25.2 Å². The number of phenolic OH excluding ortho intramolecular Hbond substituents is 2. The highest BCUT2D eigenvalue weighted by atomic mass is 16.4. The summed E-state index contributed by atoms with van der Waals surface area (Å²) in [5.41, 5.74) is 1.80. The smallest absolute Gasteiger partial charge is 0.410 e.